The molecule has 2 heterocycles. The Hall–Kier alpha value is -1.05. The molecule has 0 bridgehead atoms. The monoisotopic (exact) mass is 301 g/mol. The molecule has 20 heavy (non-hydrogen) atoms. The van der Waals surface area contributed by atoms with Gasteiger partial charge in [-0.3, -0.25) is 0 Å². The van der Waals surface area contributed by atoms with Crippen molar-refractivity contribution >= 4 is 10.0 Å². The van der Waals surface area contributed by atoms with E-state index in [1.165, 1.54) is 16.6 Å². The second-order valence-electron chi connectivity index (χ2n) is 4.91. The third-order valence-electron chi connectivity index (χ3n) is 3.40. The van der Waals surface area contributed by atoms with Gasteiger partial charge in [-0.05, 0) is 37.9 Å². The zero-order valence-electron chi connectivity index (χ0n) is 11.5. The Bertz CT molecular complexity index is 544. The van der Waals surface area contributed by atoms with Crippen LogP contribution in [-0.4, -0.2) is 43.4 Å². The lowest BCUT2D eigenvalue weighted by atomic mass is 10.1. The maximum Gasteiger partial charge on any atom is 0.263 e. The fourth-order valence-corrected chi connectivity index (χ4v) is 4.20. The molecule has 0 radical (unpaired) electrons. The summed E-state index contributed by atoms with van der Waals surface area (Å²) < 4.78 is 40.4. The zero-order valence-corrected chi connectivity index (χ0v) is 12.4. The van der Waals surface area contributed by atoms with Crippen LogP contribution in [0.15, 0.2) is 23.4 Å². The number of rotatable bonds is 5. The summed E-state index contributed by atoms with van der Waals surface area (Å²) in [5.74, 6) is -0.794. The minimum absolute atomic E-state index is 0.130. The maximum absolute atomic E-state index is 13.8. The van der Waals surface area contributed by atoms with Gasteiger partial charge >= 0.3 is 0 Å². The minimum Gasteiger partial charge on any atom is -0.315 e. The van der Waals surface area contributed by atoms with Gasteiger partial charge in [0.05, 0.1) is 0 Å². The van der Waals surface area contributed by atoms with E-state index >= 15 is 0 Å². The van der Waals surface area contributed by atoms with Crippen LogP contribution in [-0.2, 0) is 10.0 Å². The summed E-state index contributed by atoms with van der Waals surface area (Å²) in [7, 11) is -3.89. The second kappa shape index (κ2) is 6.60. The van der Waals surface area contributed by atoms with Crippen molar-refractivity contribution < 1.29 is 12.8 Å². The number of sulfonamides is 1. The first kappa shape index (κ1) is 15.3. The lowest BCUT2D eigenvalue weighted by Gasteiger charge is -2.33. The van der Waals surface area contributed by atoms with Gasteiger partial charge in [0, 0.05) is 25.3 Å². The average Bonchev–Trinajstić information content (AvgIpc) is 2.45. The Labute approximate surface area is 119 Å². The first-order chi connectivity index (χ1) is 9.57. The molecule has 1 saturated heterocycles. The number of piperidine rings is 1. The predicted molar refractivity (Wildman–Crippen MR) is 74.3 cm³/mol. The second-order valence-corrected chi connectivity index (χ2v) is 6.71. The minimum atomic E-state index is -3.89. The Morgan fingerprint density at radius 2 is 2.35 bits per heavy atom. The predicted octanol–water partition coefficient (Wildman–Crippen LogP) is 1.37. The fraction of sp³-hybridized carbons (Fsp3) is 0.615. The van der Waals surface area contributed by atoms with E-state index in [9.17, 15) is 12.8 Å². The molecule has 0 aromatic carbocycles. The van der Waals surface area contributed by atoms with E-state index in [1.54, 1.807) is 0 Å². The van der Waals surface area contributed by atoms with Crippen LogP contribution in [0, 0.1) is 5.82 Å². The standard InChI is InChI=1S/C13H20FN3O2S/c1-2-9-17(11-5-3-7-15-10-11)20(18,19)13-12(14)6-4-8-16-13/h4,6,8,11,15H,2-3,5,7,9-10H2,1H3. The summed E-state index contributed by atoms with van der Waals surface area (Å²) in [6.45, 7) is 3.79. The fourth-order valence-electron chi connectivity index (χ4n) is 2.47. The maximum atomic E-state index is 13.8. The van der Waals surface area contributed by atoms with E-state index in [4.69, 9.17) is 0 Å². The Morgan fingerprint density at radius 1 is 1.55 bits per heavy atom. The lowest BCUT2D eigenvalue weighted by Crippen LogP contribution is -2.49. The lowest BCUT2D eigenvalue weighted by molar-refractivity contribution is 0.264. The molecule has 1 aromatic rings. The summed E-state index contributed by atoms with van der Waals surface area (Å²) in [5, 5.41) is 2.72. The summed E-state index contributed by atoms with van der Waals surface area (Å²) >= 11 is 0. The van der Waals surface area contributed by atoms with Crippen LogP contribution in [0.5, 0.6) is 0 Å². The van der Waals surface area contributed by atoms with Gasteiger partial charge in [-0.1, -0.05) is 6.92 Å². The molecule has 1 unspecified atom stereocenters. The number of aromatic nitrogens is 1. The molecule has 1 aromatic heterocycles. The van der Waals surface area contributed by atoms with Crippen LogP contribution in [0.1, 0.15) is 26.2 Å². The number of halogens is 1. The van der Waals surface area contributed by atoms with Crippen LogP contribution in [0.3, 0.4) is 0 Å². The summed E-state index contributed by atoms with van der Waals surface area (Å²) in [5.41, 5.74) is 0. The number of nitrogens with zero attached hydrogens (tertiary/aromatic N) is 2. The van der Waals surface area contributed by atoms with Gasteiger partial charge in [0.1, 0.15) is 0 Å². The van der Waals surface area contributed by atoms with E-state index < -0.39 is 20.9 Å². The van der Waals surface area contributed by atoms with Gasteiger partial charge in [-0.25, -0.2) is 17.8 Å². The molecule has 0 saturated carbocycles. The quantitative estimate of drug-likeness (QED) is 0.892. The van der Waals surface area contributed by atoms with Gasteiger partial charge < -0.3 is 5.32 Å². The Balaban J connectivity index is 2.34. The highest BCUT2D eigenvalue weighted by atomic mass is 32.2. The molecule has 2 rings (SSSR count). The summed E-state index contributed by atoms with van der Waals surface area (Å²) in [6.07, 6.45) is 3.70. The smallest absolute Gasteiger partial charge is 0.263 e. The van der Waals surface area contributed by atoms with Crippen molar-refractivity contribution in [2.75, 3.05) is 19.6 Å². The highest BCUT2D eigenvalue weighted by molar-refractivity contribution is 7.89. The van der Waals surface area contributed by atoms with Gasteiger partial charge in [-0.15, -0.1) is 0 Å². The molecule has 112 valence electrons. The molecule has 5 nitrogen and oxygen atoms in total. The Kier molecular flexibility index (Phi) is 5.06. The SMILES string of the molecule is CCCN(C1CCCNC1)S(=O)(=O)c1ncccc1F. The van der Waals surface area contributed by atoms with Crippen LogP contribution in [0.2, 0.25) is 0 Å². The number of hydrogen-bond acceptors (Lipinski definition) is 4. The molecular weight excluding hydrogens is 281 g/mol. The third kappa shape index (κ3) is 3.16. The summed E-state index contributed by atoms with van der Waals surface area (Å²) in [4.78, 5) is 3.72. The molecule has 1 N–H and O–H groups in total. The first-order valence-electron chi connectivity index (χ1n) is 6.90. The average molecular weight is 301 g/mol. The molecule has 1 aliphatic heterocycles. The number of hydrogen-bond donors (Lipinski definition) is 1. The van der Waals surface area contributed by atoms with Gasteiger partial charge in [0.25, 0.3) is 10.0 Å². The molecule has 0 amide bonds. The van der Waals surface area contributed by atoms with Gasteiger partial charge in [0.2, 0.25) is 5.03 Å². The van der Waals surface area contributed by atoms with E-state index in [0.717, 1.165) is 25.5 Å². The highest BCUT2D eigenvalue weighted by Crippen LogP contribution is 2.22. The Morgan fingerprint density at radius 3 is 2.95 bits per heavy atom. The van der Waals surface area contributed by atoms with E-state index in [-0.39, 0.29) is 6.04 Å². The molecule has 1 aliphatic rings. The molecule has 1 fully saturated rings. The molecule has 7 heteroatoms. The van der Waals surface area contributed by atoms with Crippen molar-refractivity contribution in [3.63, 3.8) is 0 Å². The van der Waals surface area contributed by atoms with Gasteiger partial charge in [0.15, 0.2) is 5.82 Å². The number of nitrogens with one attached hydrogen (secondary N) is 1. The normalized spacial score (nSPS) is 20.2. The highest BCUT2D eigenvalue weighted by Gasteiger charge is 2.34. The first-order valence-corrected chi connectivity index (χ1v) is 8.34. The van der Waals surface area contributed by atoms with Crippen LogP contribution in [0.4, 0.5) is 4.39 Å². The van der Waals surface area contributed by atoms with E-state index in [2.05, 4.69) is 10.3 Å². The van der Waals surface area contributed by atoms with Crippen molar-refractivity contribution in [3.8, 4) is 0 Å². The van der Waals surface area contributed by atoms with Crippen molar-refractivity contribution in [2.24, 2.45) is 0 Å². The zero-order chi connectivity index (χ0) is 14.6. The van der Waals surface area contributed by atoms with Crippen LogP contribution < -0.4 is 5.32 Å². The van der Waals surface area contributed by atoms with E-state index in [0.29, 0.717) is 19.5 Å². The van der Waals surface area contributed by atoms with Crippen LogP contribution >= 0.6 is 0 Å². The van der Waals surface area contributed by atoms with Gasteiger partial charge in [-0.2, -0.15) is 4.31 Å². The number of pyridine rings is 1. The van der Waals surface area contributed by atoms with E-state index in [1.807, 2.05) is 6.92 Å². The molecule has 1 atom stereocenters. The summed E-state index contributed by atoms with van der Waals surface area (Å²) in [6, 6.07) is 2.39. The topological polar surface area (TPSA) is 62.3 Å². The molecule has 0 aliphatic carbocycles. The largest absolute Gasteiger partial charge is 0.315 e. The van der Waals surface area contributed by atoms with Crippen molar-refractivity contribution in [2.45, 2.75) is 37.3 Å². The van der Waals surface area contributed by atoms with Crippen molar-refractivity contribution in [3.05, 3.63) is 24.1 Å². The third-order valence-corrected chi connectivity index (χ3v) is 5.29. The van der Waals surface area contributed by atoms with Crippen LogP contribution in [0.25, 0.3) is 0 Å². The molecular formula is C13H20FN3O2S. The van der Waals surface area contributed by atoms with Crippen molar-refractivity contribution in [1.82, 2.24) is 14.6 Å². The molecule has 0 spiro atoms. The van der Waals surface area contributed by atoms with Crippen molar-refractivity contribution in [1.29, 1.82) is 0 Å².